The Kier molecular flexibility index (Phi) is 6.42. The first-order chi connectivity index (χ1) is 9.00. The fourth-order valence-electron chi connectivity index (χ4n) is 1.42. The Morgan fingerprint density at radius 1 is 1.32 bits per heavy atom. The molecule has 0 saturated carbocycles. The summed E-state index contributed by atoms with van der Waals surface area (Å²) in [5.41, 5.74) is 0.679. The van der Waals surface area contributed by atoms with E-state index in [4.69, 9.17) is 4.74 Å². The molecule has 1 N–H and O–H groups in total. The Balaban J connectivity index is 2.14. The zero-order valence-corrected chi connectivity index (χ0v) is 11.2. The lowest BCUT2D eigenvalue weighted by atomic mass is 10.2. The lowest BCUT2D eigenvalue weighted by Crippen LogP contribution is -2.19. The van der Waals surface area contributed by atoms with Gasteiger partial charge in [0.05, 0.1) is 12.5 Å². The van der Waals surface area contributed by atoms with E-state index in [1.54, 1.807) is 13.8 Å². The van der Waals surface area contributed by atoms with Crippen molar-refractivity contribution in [1.29, 1.82) is 0 Å². The van der Waals surface area contributed by atoms with Crippen molar-refractivity contribution in [3.05, 3.63) is 35.4 Å². The van der Waals surface area contributed by atoms with E-state index in [9.17, 15) is 13.6 Å². The van der Waals surface area contributed by atoms with Gasteiger partial charge in [-0.05, 0) is 30.7 Å². The molecule has 0 aromatic heterocycles. The van der Waals surface area contributed by atoms with Crippen LogP contribution in [0.1, 0.15) is 25.8 Å². The number of ether oxygens (including phenoxy) is 1. The third-order valence-corrected chi connectivity index (χ3v) is 2.53. The second kappa shape index (κ2) is 7.84. The average Bonchev–Trinajstić information content (AvgIpc) is 2.37. The van der Waals surface area contributed by atoms with Crippen molar-refractivity contribution in [2.45, 2.75) is 26.8 Å². The van der Waals surface area contributed by atoms with Crippen molar-refractivity contribution in [3.8, 4) is 0 Å². The first-order valence-electron chi connectivity index (χ1n) is 6.32. The van der Waals surface area contributed by atoms with Gasteiger partial charge < -0.3 is 10.1 Å². The maximum atomic E-state index is 12.9. The summed E-state index contributed by atoms with van der Waals surface area (Å²) in [4.78, 5) is 11.1. The van der Waals surface area contributed by atoms with E-state index in [0.29, 0.717) is 31.7 Å². The molecule has 0 amide bonds. The quantitative estimate of drug-likeness (QED) is 0.612. The fraction of sp³-hybridized carbons (Fsp3) is 0.500. The Bertz CT molecular complexity index is 422. The molecule has 0 bridgehead atoms. The van der Waals surface area contributed by atoms with E-state index < -0.39 is 11.6 Å². The van der Waals surface area contributed by atoms with Crippen LogP contribution in [0.25, 0.3) is 0 Å². The van der Waals surface area contributed by atoms with Gasteiger partial charge in [-0.3, -0.25) is 4.79 Å². The Labute approximate surface area is 112 Å². The third-order valence-electron chi connectivity index (χ3n) is 2.53. The topological polar surface area (TPSA) is 38.3 Å². The molecule has 0 atom stereocenters. The van der Waals surface area contributed by atoms with Gasteiger partial charge in [-0.1, -0.05) is 19.9 Å². The van der Waals surface area contributed by atoms with Crippen molar-refractivity contribution in [3.63, 3.8) is 0 Å². The molecule has 1 aromatic rings. The molecular weight excluding hydrogens is 252 g/mol. The SMILES string of the molecule is CC(C)C(=O)OCCCNCc1ccc(F)c(F)c1. The predicted molar refractivity (Wildman–Crippen MR) is 68.5 cm³/mol. The van der Waals surface area contributed by atoms with E-state index in [2.05, 4.69) is 5.32 Å². The van der Waals surface area contributed by atoms with Gasteiger partial charge in [0.25, 0.3) is 0 Å². The van der Waals surface area contributed by atoms with Crippen LogP contribution in [0.15, 0.2) is 18.2 Å². The van der Waals surface area contributed by atoms with Gasteiger partial charge in [-0.2, -0.15) is 0 Å². The molecule has 19 heavy (non-hydrogen) atoms. The van der Waals surface area contributed by atoms with Gasteiger partial charge in [0.1, 0.15) is 0 Å². The minimum absolute atomic E-state index is 0.116. The highest BCUT2D eigenvalue weighted by Crippen LogP contribution is 2.08. The summed E-state index contributed by atoms with van der Waals surface area (Å²) in [5, 5.41) is 3.07. The summed E-state index contributed by atoms with van der Waals surface area (Å²) >= 11 is 0. The maximum Gasteiger partial charge on any atom is 0.308 e. The number of rotatable bonds is 7. The van der Waals surface area contributed by atoms with E-state index in [0.717, 1.165) is 6.07 Å². The highest BCUT2D eigenvalue weighted by Gasteiger charge is 2.07. The highest BCUT2D eigenvalue weighted by molar-refractivity contribution is 5.71. The van der Waals surface area contributed by atoms with E-state index in [1.165, 1.54) is 12.1 Å². The molecule has 0 heterocycles. The predicted octanol–water partition coefficient (Wildman–Crippen LogP) is 2.64. The molecule has 106 valence electrons. The first-order valence-corrected chi connectivity index (χ1v) is 6.32. The van der Waals surface area contributed by atoms with Gasteiger partial charge in [0, 0.05) is 6.54 Å². The summed E-state index contributed by atoms with van der Waals surface area (Å²) < 4.78 is 30.6. The molecule has 0 fully saturated rings. The van der Waals surface area contributed by atoms with E-state index >= 15 is 0 Å². The molecule has 0 aliphatic carbocycles. The van der Waals surface area contributed by atoms with Gasteiger partial charge in [0.15, 0.2) is 11.6 Å². The standard InChI is InChI=1S/C14H19F2NO2/c1-10(2)14(18)19-7-3-6-17-9-11-4-5-12(15)13(16)8-11/h4-5,8,10,17H,3,6-7,9H2,1-2H3. The molecule has 0 aliphatic rings. The van der Waals surface area contributed by atoms with Crippen molar-refractivity contribution < 1.29 is 18.3 Å². The van der Waals surface area contributed by atoms with Gasteiger partial charge in [-0.15, -0.1) is 0 Å². The van der Waals surface area contributed by atoms with Crippen molar-refractivity contribution in [2.24, 2.45) is 5.92 Å². The van der Waals surface area contributed by atoms with Crippen molar-refractivity contribution in [1.82, 2.24) is 5.32 Å². The van der Waals surface area contributed by atoms with Crippen molar-refractivity contribution >= 4 is 5.97 Å². The van der Waals surface area contributed by atoms with E-state index in [1.807, 2.05) is 0 Å². The summed E-state index contributed by atoms with van der Waals surface area (Å²) in [5.74, 6) is -2.01. The van der Waals surface area contributed by atoms with Crippen LogP contribution in [-0.4, -0.2) is 19.1 Å². The Morgan fingerprint density at radius 2 is 2.05 bits per heavy atom. The van der Waals surface area contributed by atoms with Crippen LogP contribution in [0.2, 0.25) is 0 Å². The number of hydrogen-bond acceptors (Lipinski definition) is 3. The monoisotopic (exact) mass is 271 g/mol. The molecule has 3 nitrogen and oxygen atoms in total. The third kappa shape index (κ3) is 5.79. The minimum atomic E-state index is -0.843. The number of benzene rings is 1. The fourth-order valence-corrected chi connectivity index (χ4v) is 1.42. The van der Waals surface area contributed by atoms with Crippen LogP contribution in [0, 0.1) is 17.6 Å². The summed E-state index contributed by atoms with van der Waals surface area (Å²) in [6.45, 7) is 5.02. The number of esters is 1. The summed E-state index contributed by atoms with van der Waals surface area (Å²) in [7, 11) is 0. The second-order valence-electron chi connectivity index (χ2n) is 4.60. The Morgan fingerprint density at radius 3 is 2.68 bits per heavy atom. The lowest BCUT2D eigenvalue weighted by molar-refractivity contribution is -0.147. The molecule has 0 unspecified atom stereocenters. The largest absolute Gasteiger partial charge is 0.465 e. The smallest absolute Gasteiger partial charge is 0.308 e. The molecule has 0 spiro atoms. The molecule has 1 aromatic carbocycles. The van der Waals surface area contributed by atoms with Gasteiger partial charge in [-0.25, -0.2) is 8.78 Å². The first kappa shape index (κ1) is 15.6. The average molecular weight is 271 g/mol. The number of nitrogens with one attached hydrogen (secondary N) is 1. The number of carbonyl (C=O) groups is 1. The van der Waals surface area contributed by atoms with Crippen molar-refractivity contribution in [2.75, 3.05) is 13.2 Å². The molecule has 0 saturated heterocycles. The summed E-state index contributed by atoms with van der Waals surface area (Å²) in [6.07, 6.45) is 0.683. The van der Waals surface area contributed by atoms with Gasteiger partial charge >= 0.3 is 5.97 Å². The zero-order valence-electron chi connectivity index (χ0n) is 11.2. The number of hydrogen-bond donors (Lipinski definition) is 1. The maximum absolute atomic E-state index is 12.9. The Hall–Kier alpha value is -1.49. The van der Waals surface area contributed by atoms with Crippen LogP contribution in [0.3, 0.4) is 0 Å². The molecule has 1 rings (SSSR count). The van der Waals surface area contributed by atoms with Crippen LogP contribution in [0.4, 0.5) is 8.78 Å². The number of carbonyl (C=O) groups excluding carboxylic acids is 1. The minimum Gasteiger partial charge on any atom is -0.465 e. The van der Waals surface area contributed by atoms with Crippen LogP contribution in [-0.2, 0) is 16.1 Å². The van der Waals surface area contributed by atoms with Crippen LogP contribution >= 0.6 is 0 Å². The molecule has 0 aliphatic heterocycles. The molecule has 5 heteroatoms. The second-order valence-corrected chi connectivity index (χ2v) is 4.60. The summed E-state index contributed by atoms with van der Waals surface area (Å²) in [6, 6.07) is 3.81. The lowest BCUT2D eigenvalue weighted by Gasteiger charge is -2.08. The van der Waals surface area contributed by atoms with E-state index in [-0.39, 0.29) is 11.9 Å². The van der Waals surface area contributed by atoms with Crippen LogP contribution in [0.5, 0.6) is 0 Å². The zero-order chi connectivity index (χ0) is 14.3. The normalized spacial score (nSPS) is 10.8. The number of halogens is 2. The highest BCUT2D eigenvalue weighted by atomic mass is 19.2. The van der Waals surface area contributed by atoms with Crippen LogP contribution < -0.4 is 5.32 Å². The molecule has 0 radical (unpaired) electrons. The van der Waals surface area contributed by atoms with Gasteiger partial charge in [0.2, 0.25) is 0 Å². The molecular formula is C14H19F2NO2.